The number of rotatable bonds is 5. The van der Waals surface area contributed by atoms with Crippen LogP contribution in [0.2, 0.25) is 5.02 Å². The van der Waals surface area contributed by atoms with Gasteiger partial charge in [0, 0.05) is 6.21 Å². The Morgan fingerprint density at radius 2 is 1.77 bits per heavy atom. The fourth-order valence-electron chi connectivity index (χ4n) is 2.55. The van der Waals surface area contributed by atoms with E-state index in [-0.39, 0.29) is 5.82 Å². The number of hydrogen-bond donors (Lipinski definition) is 0. The summed E-state index contributed by atoms with van der Waals surface area (Å²) in [6.07, 6.45) is 1.79. The number of hydrogen-bond acceptors (Lipinski definition) is 2. The Kier molecular flexibility index (Phi) is 5.69. The number of aliphatic imine (C=N–C) groups is 1. The van der Waals surface area contributed by atoms with Gasteiger partial charge in [0.05, 0.1) is 10.7 Å². The van der Waals surface area contributed by atoms with Crippen LogP contribution in [0, 0.1) is 19.7 Å². The molecule has 0 aliphatic rings. The summed E-state index contributed by atoms with van der Waals surface area (Å²) in [6.45, 7) is 4.43. The SMILES string of the molecule is Cc1ccc(N=Cc2ccc(OCc3ccc(F)cc3)c(Cl)c2)c(C)c1. The Labute approximate surface area is 157 Å². The molecule has 0 saturated heterocycles. The summed E-state index contributed by atoms with van der Waals surface area (Å²) in [5, 5.41) is 0.511. The van der Waals surface area contributed by atoms with Crippen molar-refractivity contribution in [3.8, 4) is 5.75 Å². The molecule has 0 spiro atoms. The largest absolute Gasteiger partial charge is 0.487 e. The van der Waals surface area contributed by atoms with Gasteiger partial charge in [0.2, 0.25) is 0 Å². The molecule has 0 amide bonds. The molecule has 0 saturated carbocycles. The van der Waals surface area contributed by atoms with E-state index in [1.165, 1.54) is 17.7 Å². The fraction of sp³-hybridized carbons (Fsp3) is 0.136. The summed E-state index contributed by atoms with van der Waals surface area (Å²) in [7, 11) is 0. The van der Waals surface area contributed by atoms with E-state index in [0.29, 0.717) is 17.4 Å². The molecular formula is C22H19ClFNO. The molecular weight excluding hydrogens is 349 g/mol. The van der Waals surface area contributed by atoms with Gasteiger partial charge in [0.1, 0.15) is 18.2 Å². The lowest BCUT2D eigenvalue weighted by atomic mass is 10.1. The maximum atomic E-state index is 12.9. The zero-order chi connectivity index (χ0) is 18.5. The van der Waals surface area contributed by atoms with Crippen LogP contribution in [0.3, 0.4) is 0 Å². The van der Waals surface area contributed by atoms with Crippen LogP contribution >= 0.6 is 11.6 Å². The van der Waals surface area contributed by atoms with Gasteiger partial charge in [-0.25, -0.2) is 4.39 Å². The average Bonchev–Trinajstić information content (AvgIpc) is 2.61. The lowest BCUT2D eigenvalue weighted by molar-refractivity contribution is 0.306. The highest BCUT2D eigenvalue weighted by atomic mass is 35.5. The monoisotopic (exact) mass is 367 g/mol. The standard InChI is InChI=1S/C22H19ClFNO/c1-15-3-9-21(16(2)11-15)25-13-18-6-10-22(20(23)12-18)26-14-17-4-7-19(24)8-5-17/h3-13H,14H2,1-2H3. The van der Waals surface area contributed by atoms with Gasteiger partial charge in [-0.15, -0.1) is 0 Å². The minimum Gasteiger partial charge on any atom is -0.487 e. The van der Waals surface area contributed by atoms with Crippen LogP contribution in [-0.4, -0.2) is 6.21 Å². The Morgan fingerprint density at radius 1 is 1.00 bits per heavy atom. The van der Waals surface area contributed by atoms with Crippen LogP contribution in [0.25, 0.3) is 0 Å². The highest BCUT2D eigenvalue weighted by Gasteiger charge is 2.04. The first kappa shape index (κ1) is 18.2. The van der Waals surface area contributed by atoms with Gasteiger partial charge < -0.3 is 4.74 Å². The lowest BCUT2D eigenvalue weighted by Gasteiger charge is -2.09. The number of halogens is 2. The van der Waals surface area contributed by atoms with Crippen molar-refractivity contribution in [2.75, 3.05) is 0 Å². The van der Waals surface area contributed by atoms with E-state index in [0.717, 1.165) is 22.4 Å². The molecule has 3 aromatic rings. The molecule has 0 unspecified atom stereocenters. The van der Waals surface area contributed by atoms with E-state index in [2.05, 4.69) is 18.0 Å². The van der Waals surface area contributed by atoms with Crippen molar-refractivity contribution in [3.63, 3.8) is 0 Å². The van der Waals surface area contributed by atoms with Crippen LogP contribution in [0.15, 0.2) is 65.7 Å². The van der Waals surface area contributed by atoms with Gasteiger partial charge in [0.15, 0.2) is 0 Å². The molecule has 0 atom stereocenters. The van der Waals surface area contributed by atoms with E-state index in [9.17, 15) is 4.39 Å². The summed E-state index contributed by atoms with van der Waals surface area (Å²) in [5.41, 5.74) is 5.05. The topological polar surface area (TPSA) is 21.6 Å². The summed E-state index contributed by atoms with van der Waals surface area (Å²) in [5.74, 6) is 0.318. The summed E-state index contributed by atoms with van der Waals surface area (Å²) >= 11 is 6.31. The second kappa shape index (κ2) is 8.15. The molecule has 0 heterocycles. The summed E-state index contributed by atoms with van der Waals surface area (Å²) in [4.78, 5) is 4.53. The Hall–Kier alpha value is -2.65. The van der Waals surface area contributed by atoms with Gasteiger partial charge >= 0.3 is 0 Å². The van der Waals surface area contributed by atoms with E-state index < -0.39 is 0 Å². The Balaban J connectivity index is 1.68. The van der Waals surface area contributed by atoms with Gasteiger partial charge in [-0.05, 0) is 66.9 Å². The molecule has 26 heavy (non-hydrogen) atoms. The zero-order valence-electron chi connectivity index (χ0n) is 14.7. The molecule has 2 nitrogen and oxygen atoms in total. The molecule has 0 aliphatic heterocycles. The first-order valence-corrected chi connectivity index (χ1v) is 8.67. The van der Waals surface area contributed by atoms with Gasteiger partial charge in [-0.2, -0.15) is 0 Å². The predicted molar refractivity (Wildman–Crippen MR) is 105 cm³/mol. The Morgan fingerprint density at radius 3 is 2.46 bits per heavy atom. The van der Waals surface area contributed by atoms with E-state index in [1.54, 1.807) is 18.3 Å². The minimum atomic E-state index is -0.265. The minimum absolute atomic E-state index is 0.265. The van der Waals surface area contributed by atoms with Crippen LogP contribution in [0.5, 0.6) is 5.75 Å². The van der Waals surface area contributed by atoms with Crippen molar-refractivity contribution in [2.24, 2.45) is 4.99 Å². The fourth-order valence-corrected chi connectivity index (χ4v) is 2.79. The quantitative estimate of drug-likeness (QED) is 0.476. The molecule has 0 fully saturated rings. The van der Waals surface area contributed by atoms with Crippen molar-refractivity contribution < 1.29 is 9.13 Å². The number of aryl methyl sites for hydroxylation is 2. The van der Waals surface area contributed by atoms with Gasteiger partial charge in [0.25, 0.3) is 0 Å². The third kappa shape index (κ3) is 4.70. The summed E-state index contributed by atoms with van der Waals surface area (Å²) < 4.78 is 18.6. The summed E-state index contributed by atoms with van der Waals surface area (Å²) in [6, 6.07) is 17.9. The molecule has 3 rings (SSSR count). The average molecular weight is 368 g/mol. The normalized spacial score (nSPS) is 11.1. The number of benzene rings is 3. The highest BCUT2D eigenvalue weighted by Crippen LogP contribution is 2.26. The van der Waals surface area contributed by atoms with Crippen molar-refractivity contribution >= 4 is 23.5 Å². The molecule has 0 aliphatic carbocycles. The van der Waals surface area contributed by atoms with Crippen LogP contribution < -0.4 is 4.74 Å². The maximum Gasteiger partial charge on any atom is 0.138 e. The molecule has 0 aromatic heterocycles. The van der Waals surface area contributed by atoms with Crippen molar-refractivity contribution in [1.82, 2.24) is 0 Å². The molecule has 0 N–H and O–H groups in total. The lowest BCUT2D eigenvalue weighted by Crippen LogP contribution is -1.96. The third-order valence-electron chi connectivity index (χ3n) is 3.97. The first-order valence-electron chi connectivity index (χ1n) is 8.29. The second-order valence-corrected chi connectivity index (χ2v) is 6.56. The smallest absolute Gasteiger partial charge is 0.138 e. The van der Waals surface area contributed by atoms with Crippen molar-refractivity contribution in [2.45, 2.75) is 20.5 Å². The number of nitrogens with zero attached hydrogens (tertiary/aromatic N) is 1. The van der Waals surface area contributed by atoms with E-state index in [4.69, 9.17) is 16.3 Å². The molecule has 3 aromatic carbocycles. The third-order valence-corrected chi connectivity index (χ3v) is 4.26. The molecule has 0 bridgehead atoms. The van der Waals surface area contributed by atoms with Crippen LogP contribution in [0.4, 0.5) is 10.1 Å². The molecule has 132 valence electrons. The predicted octanol–water partition coefficient (Wildman–Crippen LogP) is 6.43. The highest BCUT2D eigenvalue weighted by molar-refractivity contribution is 6.32. The van der Waals surface area contributed by atoms with E-state index in [1.807, 2.05) is 37.3 Å². The van der Waals surface area contributed by atoms with Crippen molar-refractivity contribution in [3.05, 3.63) is 93.8 Å². The zero-order valence-corrected chi connectivity index (χ0v) is 15.4. The maximum absolute atomic E-state index is 12.9. The van der Waals surface area contributed by atoms with Crippen LogP contribution in [-0.2, 0) is 6.61 Å². The molecule has 0 radical (unpaired) electrons. The second-order valence-electron chi connectivity index (χ2n) is 6.15. The van der Waals surface area contributed by atoms with Gasteiger partial charge in [-0.1, -0.05) is 41.4 Å². The van der Waals surface area contributed by atoms with E-state index >= 15 is 0 Å². The molecule has 4 heteroatoms. The van der Waals surface area contributed by atoms with Gasteiger partial charge in [-0.3, -0.25) is 4.99 Å². The number of ether oxygens (including phenoxy) is 1. The van der Waals surface area contributed by atoms with Crippen LogP contribution in [0.1, 0.15) is 22.3 Å². The Bertz CT molecular complexity index is 935. The van der Waals surface area contributed by atoms with Crippen molar-refractivity contribution in [1.29, 1.82) is 0 Å². The first-order chi connectivity index (χ1) is 12.5.